The third kappa shape index (κ3) is 3.47. The van der Waals surface area contributed by atoms with Crippen LogP contribution in [0, 0.1) is 5.92 Å². The molecule has 9 heteroatoms. The fourth-order valence-corrected chi connectivity index (χ4v) is 2.04. The predicted molar refractivity (Wildman–Crippen MR) is 50.1 cm³/mol. The number of phosphoric acid groups is 1. The summed E-state index contributed by atoms with van der Waals surface area (Å²) in [5.41, 5.74) is 0. The third-order valence-corrected chi connectivity index (χ3v) is 3.06. The molecule has 0 heterocycles. The molecule has 1 aliphatic carbocycles. The molecule has 8 nitrogen and oxygen atoms in total. The van der Waals surface area contributed by atoms with E-state index in [1.54, 1.807) is 0 Å². The Morgan fingerprint density at radius 2 is 1.62 bits per heavy atom. The number of aliphatic hydroxyl groups is 4. The van der Waals surface area contributed by atoms with Gasteiger partial charge in [-0.05, 0) is 6.42 Å². The second-order valence-corrected chi connectivity index (χ2v) is 5.06. The topological polar surface area (TPSA) is 148 Å². The van der Waals surface area contributed by atoms with Crippen LogP contribution < -0.4 is 0 Å². The van der Waals surface area contributed by atoms with Gasteiger partial charge in [0, 0.05) is 5.92 Å². The van der Waals surface area contributed by atoms with Crippen LogP contribution in [0.2, 0.25) is 0 Å². The van der Waals surface area contributed by atoms with Crippen molar-refractivity contribution in [2.75, 3.05) is 6.61 Å². The summed E-state index contributed by atoms with van der Waals surface area (Å²) in [6, 6.07) is 0. The lowest BCUT2D eigenvalue weighted by atomic mass is 9.81. The van der Waals surface area contributed by atoms with Crippen molar-refractivity contribution in [1.82, 2.24) is 0 Å². The largest absolute Gasteiger partial charge is 0.469 e. The van der Waals surface area contributed by atoms with Crippen LogP contribution in [0.5, 0.6) is 0 Å². The monoisotopic (exact) mass is 258 g/mol. The normalized spacial score (nSPS) is 41.0. The van der Waals surface area contributed by atoms with Crippen molar-refractivity contribution in [2.24, 2.45) is 5.92 Å². The van der Waals surface area contributed by atoms with Crippen molar-refractivity contribution < 1.29 is 39.3 Å². The summed E-state index contributed by atoms with van der Waals surface area (Å²) in [5.74, 6) is -0.846. The van der Waals surface area contributed by atoms with Gasteiger partial charge in [-0.1, -0.05) is 0 Å². The molecule has 0 aromatic rings. The first-order chi connectivity index (χ1) is 7.22. The number of hydrogen-bond donors (Lipinski definition) is 6. The first-order valence-electron chi connectivity index (χ1n) is 4.64. The van der Waals surface area contributed by atoms with Gasteiger partial charge < -0.3 is 30.2 Å². The lowest BCUT2D eigenvalue weighted by Crippen LogP contribution is -2.54. The number of aliphatic hydroxyl groups excluding tert-OH is 4. The van der Waals surface area contributed by atoms with Crippen molar-refractivity contribution >= 4 is 7.82 Å². The highest BCUT2D eigenvalue weighted by Crippen LogP contribution is 2.38. The molecule has 0 aromatic carbocycles. The zero-order chi connectivity index (χ0) is 12.5. The summed E-state index contributed by atoms with van der Waals surface area (Å²) in [6.07, 6.45) is -5.80. The highest BCUT2D eigenvalue weighted by Gasteiger charge is 2.42. The van der Waals surface area contributed by atoms with Crippen molar-refractivity contribution in [3.05, 3.63) is 0 Å². The lowest BCUT2D eigenvalue weighted by Gasteiger charge is -2.38. The molecule has 0 aromatic heterocycles. The van der Waals surface area contributed by atoms with E-state index in [4.69, 9.17) is 9.79 Å². The summed E-state index contributed by atoms with van der Waals surface area (Å²) < 4.78 is 14.6. The molecule has 0 spiro atoms. The van der Waals surface area contributed by atoms with Crippen LogP contribution >= 0.6 is 7.82 Å². The molecule has 16 heavy (non-hydrogen) atoms. The SMILES string of the molecule is O=P(O)(O)OCC1C[C@@H](O)[C@@H](O)C(O)[C@@H]1O. The van der Waals surface area contributed by atoms with E-state index >= 15 is 0 Å². The van der Waals surface area contributed by atoms with Crippen LogP contribution in [0.3, 0.4) is 0 Å². The number of hydrogen-bond acceptors (Lipinski definition) is 6. The highest BCUT2D eigenvalue weighted by atomic mass is 31.2. The van der Waals surface area contributed by atoms with Gasteiger partial charge in [-0.15, -0.1) is 0 Å². The Morgan fingerprint density at radius 1 is 1.06 bits per heavy atom. The molecule has 2 unspecified atom stereocenters. The molecule has 1 fully saturated rings. The number of rotatable bonds is 3. The molecule has 0 radical (unpaired) electrons. The van der Waals surface area contributed by atoms with E-state index in [2.05, 4.69) is 4.52 Å². The molecule has 1 saturated carbocycles. The Kier molecular flexibility index (Phi) is 4.44. The molecule has 1 rings (SSSR count). The van der Waals surface area contributed by atoms with Crippen LogP contribution in [-0.4, -0.2) is 61.2 Å². The summed E-state index contributed by atoms with van der Waals surface area (Å²) in [4.78, 5) is 16.9. The van der Waals surface area contributed by atoms with E-state index < -0.39 is 44.8 Å². The van der Waals surface area contributed by atoms with E-state index in [0.717, 1.165) is 0 Å². The van der Waals surface area contributed by atoms with Gasteiger partial charge in [0.15, 0.2) is 0 Å². The van der Waals surface area contributed by atoms with Crippen molar-refractivity contribution in [1.29, 1.82) is 0 Å². The molecule has 5 atom stereocenters. The van der Waals surface area contributed by atoms with Gasteiger partial charge in [-0.25, -0.2) is 4.57 Å². The van der Waals surface area contributed by atoms with Crippen LogP contribution in [0.15, 0.2) is 0 Å². The van der Waals surface area contributed by atoms with Crippen LogP contribution in [0.25, 0.3) is 0 Å². The Hall–Kier alpha value is -0.0500. The Balaban J connectivity index is 2.57. The van der Waals surface area contributed by atoms with Gasteiger partial charge in [0.2, 0.25) is 0 Å². The van der Waals surface area contributed by atoms with Crippen molar-refractivity contribution in [3.63, 3.8) is 0 Å². The lowest BCUT2D eigenvalue weighted by molar-refractivity contribution is -0.162. The average Bonchev–Trinajstić information content (AvgIpc) is 2.17. The van der Waals surface area contributed by atoms with E-state index in [1.807, 2.05) is 0 Å². The highest BCUT2D eigenvalue weighted by molar-refractivity contribution is 7.46. The Bertz CT molecular complexity index is 278. The maximum absolute atomic E-state index is 10.4. The zero-order valence-electron chi connectivity index (χ0n) is 8.25. The van der Waals surface area contributed by atoms with Crippen LogP contribution in [0.1, 0.15) is 6.42 Å². The second kappa shape index (κ2) is 5.07. The van der Waals surface area contributed by atoms with Gasteiger partial charge in [0.05, 0.1) is 18.8 Å². The van der Waals surface area contributed by atoms with E-state index in [1.165, 1.54) is 0 Å². The fraction of sp³-hybridized carbons (Fsp3) is 1.00. The average molecular weight is 258 g/mol. The zero-order valence-corrected chi connectivity index (χ0v) is 9.14. The number of phosphoric ester groups is 1. The maximum Gasteiger partial charge on any atom is 0.469 e. The fourth-order valence-electron chi connectivity index (χ4n) is 1.66. The molecule has 0 bridgehead atoms. The summed E-state index contributed by atoms with van der Waals surface area (Å²) in [5, 5.41) is 37.3. The standard InChI is InChI=1S/C7H15O8P/c8-4-1-3(2-15-16(12,13)14)5(9)7(11)6(4)10/h3-11H,1-2H2,(H2,12,13,14)/t3?,4-,5-,6-,7?/m1/s1. The minimum absolute atomic E-state index is 0.112. The molecule has 0 amide bonds. The van der Waals surface area contributed by atoms with E-state index in [-0.39, 0.29) is 6.42 Å². The van der Waals surface area contributed by atoms with E-state index in [0.29, 0.717) is 0 Å². The van der Waals surface area contributed by atoms with Gasteiger partial charge >= 0.3 is 7.82 Å². The first kappa shape index (κ1) is 14.0. The van der Waals surface area contributed by atoms with Gasteiger partial charge in [0.1, 0.15) is 12.2 Å². The van der Waals surface area contributed by atoms with Gasteiger partial charge in [0.25, 0.3) is 0 Å². The predicted octanol–water partition coefficient (Wildman–Crippen LogP) is -2.44. The van der Waals surface area contributed by atoms with Crippen LogP contribution in [-0.2, 0) is 9.09 Å². The van der Waals surface area contributed by atoms with Gasteiger partial charge in [-0.2, -0.15) is 0 Å². The molecular formula is C7H15O8P. The molecule has 6 N–H and O–H groups in total. The smallest absolute Gasteiger partial charge is 0.390 e. The van der Waals surface area contributed by atoms with E-state index in [9.17, 15) is 25.0 Å². The van der Waals surface area contributed by atoms with Crippen molar-refractivity contribution in [3.8, 4) is 0 Å². The summed E-state index contributed by atoms with van der Waals surface area (Å²) in [7, 11) is -4.65. The molecule has 0 saturated heterocycles. The summed E-state index contributed by atoms with van der Waals surface area (Å²) in [6.45, 7) is -0.508. The first-order valence-corrected chi connectivity index (χ1v) is 6.17. The molecular weight excluding hydrogens is 243 g/mol. The molecule has 1 aliphatic rings. The quantitative estimate of drug-likeness (QED) is 0.306. The molecule has 0 aliphatic heterocycles. The van der Waals surface area contributed by atoms with Crippen molar-refractivity contribution in [2.45, 2.75) is 30.8 Å². The maximum atomic E-state index is 10.4. The van der Waals surface area contributed by atoms with Crippen LogP contribution in [0.4, 0.5) is 0 Å². The third-order valence-electron chi connectivity index (χ3n) is 2.58. The molecule has 96 valence electrons. The Morgan fingerprint density at radius 3 is 2.12 bits per heavy atom. The minimum Gasteiger partial charge on any atom is -0.390 e. The Labute approximate surface area is 91.4 Å². The second-order valence-electron chi connectivity index (χ2n) is 3.82. The summed E-state index contributed by atoms with van der Waals surface area (Å²) >= 11 is 0. The minimum atomic E-state index is -4.65. The van der Waals surface area contributed by atoms with Gasteiger partial charge in [-0.3, -0.25) is 4.52 Å².